The molecule has 12 nitrogen and oxygen atoms in total. The fourth-order valence-corrected chi connectivity index (χ4v) is 7.94. The Morgan fingerprint density at radius 1 is 1.07 bits per heavy atom. The minimum Gasteiger partial charge on any atom is -0.414 e. The van der Waals surface area contributed by atoms with Gasteiger partial charge >= 0.3 is 0 Å². The van der Waals surface area contributed by atoms with Gasteiger partial charge in [-0.1, -0.05) is 41.5 Å². The molecule has 1 saturated heterocycles. The largest absolute Gasteiger partial charge is 0.414 e. The fraction of sp³-hybridized carbons (Fsp3) is 0.720. The number of anilines is 1. The Labute approximate surface area is 239 Å². The molecule has 224 valence electrons. The van der Waals surface area contributed by atoms with E-state index in [1.165, 1.54) is 6.33 Å². The number of nitrogens with zero attached hydrogens (tertiary/aromatic N) is 4. The zero-order chi connectivity index (χ0) is 30.1. The molecule has 2 aromatic rings. The molecule has 2 aliphatic rings. The van der Waals surface area contributed by atoms with Gasteiger partial charge in [-0.05, 0) is 36.3 Å². The molecule has 2 aliphatic heterocycles. The third-order valence-corrected chi connectivity index (χ3v) is 18.9. The maximum atomic E-state index is 12.9. The first-order valence-corrected chi connectivity index (χ1v) is 20.7. The average molecular weight is 613 g/mol. The average Bonchev–Trinajstić information content (AvgIpc) is 3.43. The summed E-state index contributed by atoms with van der Waals surface area (Å²) in [6, 6.07) is 0. The number of rotatable bonds is 7. The van der Waals surface area contributed by atoms with Crippen molar-refractivity contribution < 1.29 is 26.2 Å². The summed E-state index contributed by atoms with van der Waals surface area (Å²) in [6.07, 6.45) is 0.329. The summed E-state index contributed by atoms with van der Waals surface area (Å²) in [5.41, 5.74) is 5.99. The van der Waals surface area contributed by atoms with Gasteiger partial charge in [0.15, 0.2) is 39.9 Å². The lowest BCUT2D eigenvalue weighted by Gasteiger charge is -2.43. The van der Waals surface area contributed by atoms with E-state index in [2.05, 4.69) is 88.0 Å². The summed E-state index contributed by atoms with van der Waals surface area (Å²) in [5.74, 6) is 0.551. The van der Waals surface area contributed by atoms with Crippen molar-refractivity contribution in [1.29, 1.82) is 0 Å². The molecule has 1 spiro atoms. The molecule has 40 heavy (non-hydrogen) atoms. The molecule has 0 aromatic carbocycles. The van der Waals surface area contributed by atoms with Crippen molar-refractivity contribution in [1.82, 2.24) is 19.5 Å². The predicted molar refractivity (Wildman–Crippen MR) is 159 cm³/mol. The number of imidazole rings is 1. The number of aromatic nitrogens is 4. The van der Waals surface area contributed by atoms with Gasteiger partial charge in [0, 0.05) is 7.05 Å². The van der Waals surface area contributed by atoms with Crippen LogP contribution in [0.4, 0.5) is 5.82 Å². The van der Waals surface area contributed by atoms with Crippen LogP contribution in [0.1, 0.15) is 47.8 Å². The van der Waals surface area contributed by atoms with Gasteiger partial charge < -0.3 is 24.6 Å². The molecule has 15 heteroatoms. The number of hydrogen-bond donors (Lipinski definition) is 2. The summed E-state index contributed by atoms with van der Waals surface area (Å²) in [4.78, 5) is 13.3. The minimum absolute atomic E-state index is 0.0255. The summed E-state index contributed by atoms with van der Waals surface area (Å²) in [7, 11) is -7.17. The standard InChI is InChI=1S/C25H44N6O6SSi2/c1-23(2,3)39(8,9)34-12-17-25(16(26)13-38(32,33)37-25)19(36-40(10,11)24(4,5)6)22(35-17)31-15-30-18-20(27-7)28-14-29-21(18)31/h13-15,17,19,22H,12,26H2,1-11H3,(H,27,28,29)/t17-,19+,22-,25?/m1/s1. The Hall–Kier alpha value is -1.89. The van der Waals surface area contributed by atoms with Crippen molar-refractivity contribution >= 4 is 43.7 Å². The molecular formula is C25H44N6O6SSi2. The van der Waals surface area contributed by atoms with Crippen LogP contribution in [0, 0.1) is 0 Å². The van der Waals surface area contributed by atoms with E-state index in [1.807, 2.05) is 0 Å². The smallest absolute Gasteiger partial charge is 0.292 e. The molecule has 2 aromatic heterocycles. The highest BCUT2D eigenvalue weighted by atomic mass is 32.2. The van der Waals surface area contributed by atoms with Gasteiger partial charge in [-0.15, -0.1) is 0 Å². The maximum Gasteiger partial charge on any atom is 0.292 e. The number of ether oxygens (including phenoxy) is 1. The molecule has 3 N–H and O–H groups in total. The van der Waals surface area contributed by atoms with E-state index < -0.39 is 50.8 Å². The second kappa shape index (κ2) is 9.85. The van der Waals surface area contributed by atoms with E-state index in [-0.39, 0.29) is 22.4 Å². The lowest BCUT2D eigenvalue weighted by atomic mass is 9.89. The van der Waals surface area contributed by atoms with Crippen molar-refractivity contribution in [3.8, 4) is 0 Å². The van der Waals surface area contributed by atoms with Crippen LogP contribution in [0.2, 0.25) is 36.3 Å². The molecular weight excluding hydrogens is 569 g/mol. The van der Waals surface area contributed by atoms with E-state index in [9.17, 15) is 8.42 Å². The Balaban J connectivity index is 1.90. The van der Waals surface area contributed by atoms with Crippen LogP contribution < -0.4 is 11.1 Å². The van der Waals surface area contributed by atoms with Crippen LogP contribution >= 0.6 is 0 Å². The Morgan fingerprint density at radius 3 is 2.23 bits per heavy atom. The SMILES string of the molecule is CNc1ncnc2c1ncn2[C@@H]1O[C@H](CO[Si](C)(C)C(C)(C)C)C2(OS(=O)(=O)C=C2N)[C@H]1O[Si](C)(C)C(C)(C)C. The third-order valence-electron chi connectivity index (χ3n) is 8.94. The number of hydrogen-bond acceptors (Lipinski definition) is 11. The van der Waals surface area contributed by atoms with E-state index in [4.69, 9.17) is 23.5 Å². The van der Waals surface area contributed by atoms with Crippen molar-refractivity contribution in [2.75, 3.05) is 19.0 Å². The first-order chi connectivity index (χ1) is 18.2. The summed E-state index contributed by atoms with van der Waals surface area (Å²) < 4.78 is 53.8. The molecule has 0 radical (unpaired) electrons. The van der Waals surface area contributed by atoms with Crippen molar-refractivity contribution in [3.05, 3.63) is 23.8 Å². The molecule has 0 aliphatic carbocycles. The second-order valence-corrected chi connectivity index (χ2v) is 24.6. The molecule has 1 fully saturated rings. The topological polar surface area (TPSA) is 153 Å². The third kappa shape index (κ3) is 5.14. The molecule has 0 amide bonds. The van der Waals surface area contributed by atoms with Crippen molar-refractivity contribution in [2.24, 2.45) is 5.73 Å². The van der Waals surface area contributed by atoms with Crippen LogP contribution in [-0.2, 0) is 27.9 Å². The zero-order valence-corrected chi connectivity index (χ0v) is 28.2. The normalized spacial score (nSPS) is 27.5. The lowest BCUT2D eigenvalue weighted by Crippen LogP contribution is -2.59. The quantitative estimate of drug-likeness (QED) is 0.344. The summed E-state index contributed by atoms with van der Waals surface area (Å²) in [5, 5.41) is 3.71. The van der Waals surface area contributed by atoms with Crippen LogP contribution in [0.15, 0.2) is 23.8 Å². The zero-order valence-electron chi connectivity index (χ0n) is 25.4. The molecule has 4 rings (SSSR count). The van der Waals surface area contributed by atoms with Crippen LogP contribution in [0.5, 0.6) is 0 Å². The number of nitrogens with one attached hydrogen (secondary N) is 1. The van der Waals surface area contributed by atoms with Gasteiger partial charge in [0.1, 0.15) is 24.1 Å². The van der Waals surface area contributed by atoms with Gasteiger partial charge in [0.2, 0.25) is 0 Å². The Bertz CT molecular complexity index is 1410. The summed E-state index contributed by atoms with van der Waals surface area (Å²) in [6.45, 7) is 21.2. The van der Waals surface area contributed by atoms with Crippen molar-refractivity contribution in [2.45, 2.75) is 102 Å². The Kier molecular flexibility index (Phi) is 7.65. The highest BCUT2D eigenvalue weighted by Crippen LogP contribution is 2.52. The molecule has 0 bridgehead atoms. The van der Waals surface area contributed by atoms with Gasteiger partial charge in [0.25, 0.3) is 10.1 Å². The van der Waals surface area contributed by atoms with Gasteiger partial charge in [-0.25, -0.2) is 19.1 Å². The van der Waals surface area contributed by atoms with E-state index >= 15 is 0 Å². The Morgan fingerprint density at radius 2 is 1.70 bits per heavy atom. The van der Waals surface area contributed by atoms with Gasteiger partial charge in [0.05, 0.1) is 24.0 Å². The molecule has 1 unspecified atom stereocenters. The summed E-state index contributed by atoms with van der Waals surface area (Å²) >= 11 is 0. The van der Waals surface area contributed by atoms with Crippen LogP contribution in [0.3, 0.4) is 0 Å². The highest BCUT2D eigenvalue weighted by Gasteiger charge is 2.67. The van der Waals surface area contributed by atoms with E-state index in [0.717, 1.165) is 5.41 Å². The first kappa shape index (κ1) is 31.1. The number of fused-ring (bicyclic) bond motifs is 1. The fourth-order valence-electron chi connectivity index (χ4n) is 4.44. The monoisotopic (exact) mass is 612 g/mol. The van der Waals surface area contributed by atoms with Crippen molar-refractivity contribution in [3.63, 3.8) is 0 Å². The lowest BCUT2D eigenvalue weighted by molar-refractivity contribution is -0.0535. The van der Waals surface area contributed by atoms with E-state index in [1.54, 1.807) is 17.9 Å². The van der Waals surface area contributed by atoms with Crippen LogP contribution in [-0.4, -0.2) is 76.0 Å². The first-order valence-electron chi connectivity index (χ1n) is 13.4. The molecule has 4 atom stereocenters. The van der Waals surface area contributed by atoms with Gasteiger partial charge in [-0.3, -0.25) is 4.57 Å². The second-order valence-electron chi connectivity index (χ2n) is 13.6. The maximum absolute atomic E-state index is 12.9. The highest BCUT2D eigenvalue weighted by molar-refractivity contribution is 7.90. The molecule has 0 saturated carbocycles. The minimum atomic E-state index is -4.11. The number of nitrogens with two attached hydrogens (primary N) is 1. The van der Waals surface area contributed by atoms with E-state index in [0.29, 0.717) is 17.0 Å². The van der Waals surface area contributed by atoms with Crippen LogP contribution in [0.25, 0.3) is 11.2 Å². The van der Waals surface area contributed by atoms with Gasteiger partial charge in [-0.2, -0.15) is 8.42 Å². The predicted octanol–water partition coefficient (Wildman–Crippen LogP) is 4.08. The molecule has 4 heterocycles.